The van der Waals surface area contributed by atoms with Crippen molar-refractivity contribution in [3.8, 4) is 5.88 Å². The SMILES string of the molecule is COc1cccc(CNCC(C)C(C)C)n1. The van der Waals surface area contributed by atoms with Crippen LogP contribution in [-0.4, -0.2) is 18.6 Å². The van der Waals surface area contributed by atoms with E-state index in [1.807, 2.05) is 18.2 Å². The molecule has 16 heavy (non-hydrogen) atoms. The van der Waals surface area contributed by atoms with Crippen LogP contribution in [0.4, 0.5) is 0 Å². The minimum Gasteiger partial charge on any atom is -0.481 e. The van der Waals surface area contributed by atoms with Crippen molar-refractivity contribution in [3.63, 3.8) is 0 Å². The van der Waals surface area contributed by atoms with Crippen LogP contribution in [0.5, 0.6) is 5.88 Å². The molecule has 90 valence electrons. The lowest BCUT2D eigenvalue weighted by Gasteiger charge is -2.15. The molecule has 0 spiro atoms. The van der Waals surface area contributed by atoms with E-state index in [1.54, 1.807) is 7.11 Å². The van der Waals surface area contributed by atoms with Gasteiger partial charge in [-0.25, -0.2) is 4.98 Å². The van der Waals surface area contributed by atoms with Crippen LogP contribution in [-0.2, 0) is 6.54 Å². The van der Waals surface area contributed by atoms with Gasteiger partial charge in [-0.15, -0.1) is 0 Å². The molecule has 0 aliphatic carbocycles. The van der Waals surface area contributed by atoms with Gasteiger partial charge in [-0.3, -0.25) is 0 Å². The van der Waals surface area contributed by atoms with Crippen molar-refractivity contribution in [2.75, 3.05) is 13.7 Å². The molecule has 0 aromatic carbocycles. The fourth-order valence-corrected chi connectivity index (χ4v) is 1.33. The van der Waals surface area contributed by atoms with Crippen molar-refractivity contribution in [1.29, 1.82) is 0 Å². The molecule has 0 amide bonds. The molecule has 0 saturated heterocycles. The van der Waals surface area contributed by atoms with Crippen LogP contribution in [0, 0.1) is 11.8 Å². The molecule has 1 aromatic heterocycles. The van der Waals surface area contributed by atoms with E-state index in [2.05, 4.69) is 31.1 Å². The largest absolute Gasteiger partial charge is 0.481 e. The molecular formula is C13H22N2O. The first-order valence-electron chi connectivity index (χ1n) is 5.84. The number of nitrogens with one attached hydrogen (secondary N) is 1. The summed E-state index contributed by atoms with van der Waals surface area (Å²) in [6.45, 7) is 8.58. The molecule has 0 aliphatic heterocycles. The van der Waals surface area contributed by atoms with Gasteiger partial charge in [0.2, 0.25) is 5.88 Å². The van der Waals surface area contributed by atoms with Crippen LogP contribution in [0.15, 0.2) is 18.2 Å². The summed E-state index contributed by atoms with van der Waals surface area (Å²) in [7, 11) is 1.64. The predicted molar refractivity (Wildman–Crippen MR) is 66.5 cm³/mol. The predicted octanol–water partition coefficient (Wildman–Crippen LogP) is 2.47. The number of rotatable bonds is 6. The zero-order chi connectivity index (χ0) is 12.0. The maximum atomic E-state index is 5.08. The van der Waals surface area contributed by atoms with Gasteiger partial charge in [0, 0.05) is 12.6 Å². The second-order valence-electron chi connectivity index (χ2n) is 4.52. The summed E-state index contributed by atoms with van der Waals surface area (Å²) in [6, 6.07) is 5.84. The Bertz CT molecular complexity index is 313. The molecule has 1 N–H and O–H groups in total. The van der Waals surface area contributed by atoms with Crippen molar-refractivity contribution >= 4 is 0 Å². The lowest BCUT2D eigenvalue weighted by Crippen LogP contribution is -2.24. The molecule has 3 nitrogen and oxygen atoms in total. The number of methoxy groups -OCH3 is 1. The molecule has 1 heterocycles. The highest BCUT2D eigenvalue weighted by Crippen LogP contribution is 2.09. The van der Waals surface area contributed by atoms with Crippen molar-refractivity contribution in [3.05, 3.63) is 23.9 Å². The van der Waals surface area contributed by atoms with Crippen LogP contribution < -0.4 is 10.1 Å². The van der Waals surface area contributed by atoms with E-state index in [1.165, 1.54) is 0 Å². The summed E-state index contributed by atoms with van der Waals surface area (Å²) in [5, 5.41) is 3.42. The standard InChI is InChI=1S/C13H22N2O/c1-10(2)11(3)8-14-9-12-6-5-7-13(15-12)16-4/h5-7,10-11,14H,8-9H2,1-4H3. The van der Waals surface area contributed by atoms with Gasteiger partial charge < -0.3 is 10.1 Å². The molecule has 1 atom stereocenters. The van der Waals surface area contributed by atoms with Gasteiger partial charge in [-0.1, -0.05) is 26.8 Å². The first-order valence-corrected chi connectivity index (χ1v) is 5.84. The molecule has 0 bridgehead atoms. The van der Waals surface area contributed by atoms with E-state index >= 15 is 0 Å². The molecule has 0 radical (unpaired) electrons. The van der Waals surface area contributed by atoms with E-state index < -0.39 is 0 Å². The summed E-state index contributed by atoms with van der Waals surface area (Å²) < 4.78 is 5.08. The van der Waals surface area contributed by atoms with Gasteiger partial charge >= 0.3 is 0 Å². The Hall–Kier alpha value is -1.09. The highest BCUT2D eigenvalue weighted by Gasteiger charge is 2.06. The highest BCUT2D eigenvalue weighted by atomic mass is 16.5. The molecular weight excluding hydrogens is 200 g/mol. The van der Waals surface area contributed by atoms with Crippen LogP contribution >= 0.6 is 0 Å². The van der Waals surface area contributed by atoms with E-state index in [9.17, 15) is 0 Å². The summed E-state index contributed by atoms with van der Waals surface area (Å²) in [6.07, 6.45) is 0. The smallest absolute Gasteiger partial charge is 0.213 e. The van der Waals surface area contributed by atoms with Gasteiger partial charge in [0.15, 0.2) is 0 Å². The van der Waals surface area contributed by atoms with Crippen molar-refractivity contribution < 1.29 is 4.74 Å². The number of pyridine rings is 1. The summed E-state index contributed by atoms with van der Waals surface area (Å²) in [4.78, 5) is 4.35. The maximum absolute atomic E-state index is 5.08. The minimum atomic E-state index is 0.677. The molecule has 1 unspecified atom stereocenters. The van der Waals surface area contributed by atoms with E-state index in [0.717, 1.165) is 18.8 Å². The number of hydrogen-bond acceptors (Lipinski definition) is 3. The number of aromatic nitrogens is 1. The third-order valence-electron chi connectivity index (χ3n) is 2.90. The first-order chi connectivity index (χ1) is 7.63. The zero-order valence-corrected chi connectivity index (χ0v) is 10.7. The average Bonchev–Trinajstić information content (AvgIpc) is 2.29. The fourth-order valence-electron chi connectivity index (χ4n) is 1.33. The Kier molecular flexibility index (Phi) is 5.26. The molecule has 1 aromatic rings. The molecule has 3 heteroatoms. The summed E-state index contributed by atoms with van der Waals surface area (Å²) in [5.41, 5.74) is 1.02. The lowest BCUT2D eigenvalue weighted by atomic mass is 9.98. The summed E-state index contributed by atoms with van der Waals surface area (Å²) >= 11 is 0. The zero-order valence-electron chi connectivity index (χ0n) is 10.7. The van der Waals surface area contributed by atoms with Crippen molar-refractivity contribution in [1.82, 2.24) is 10.3 Å². The molecule has 1 rings (SSSR count). The Morgan fingerprint density at radius 3 is 2.69 bits per heavy atom. The quantitative estimate of drug-likeness (QED) is 0.803. The average molecular weight is 222 g/mol. The van der Waals surface area contributed by atoms with Crippen LogP contribution in [0.3, 0.4) is 0 Å². The Labute approximate surface area is 98.2 Å². The Balaban J connectivity index is 2.37. The van der Waals surface area contributed by atoms with Gasteiger partial charge in [-0.05, 0) is 24.4 Å². The van der Waals surface area contributed by atoms with Crippen molar-refractivity contribution in [2.45, 2.75) is 27.3 Å². The Morgan fingerprint density at radius 1 is 1.31 bits per heavy atom. The lowest BCUT2D eigenvalue weighted by molar-refractivity contribution is 0.385. The fraction of sp³-hybridized carbons (Fsp3) is 0.615. The van der Waals surface area contributed by atoms with Crippen molar-refractivity contribution in [2.24, 2.45) is 11.8 Å². The second kappa shape index (κ2) is 6.48. The first kappa shape index (κ1) is 13.0. The molecule has 0 aliphatic rings. The maximum Gasteiger partial charge on any atom is 0.213 e. The van der Waals surface area contributed by atoms with E-state index in [0.29, 0.717) is 17.7 Å². The topological polar surface area (TPSA) is 34.1 Å². The minimum absolute atomic E-state index is 0.677. The highest BCUT2D eigenvalue weighted by molar-refractivity contribution is 5.15. The van der Waals surface area contributed by atoms with Gasteiger partial charge in [-0.2, -0.15) is 0 Å². The number of hydrogen-bond donors (Lipinski definition) is 1. The van der Waals surface area contributed by atoms with Crippen LogP contribution in [0.1, 0.15) is 26.5 Å². The third kappa shape index (κ3) is 4.19. The molecule has 0 saturated carbocycles. The monoisotopic (exact) mass is 222 g/mol. The van der Waals surface area contributed by atoms with Gasteiger partial charge in [0.05, 0.1) is 12.8 Å². The summed E-state index contributed by atoms with van der Waals surface area (Å²) in [5.74, 6) is 2.08. The third-order valence-corrected chi connectivity index (χ3v) is 2.90. The molecule has 0 fully saturated rings. The number of ether oxygens (including phenoxy) is 1. The van der Waals surface area contributed by atoms with E-state index in [-0.39, 0.29) is 0 Å². The van der Waals surface area contributed by atoms with E-state index in [4.69, 9.17) is 4.74 Å². The number of nitrogens with zero attached hydrogens (tertiary/aromatic N) is 1. The Morgan fingerprint density at radius 2 is 2.06 bits per heavy atom. The van der Waals surface area contributed by atoms with Gasteiger partial charge in [0.25, 0.3) is 0 Å². The second-order valence-corrected chi connectivity index (χ2v) is 4.52. The van der Waals surface area contributed by atoms with Gasteiger partial charge in [0.1, 0.15) is 0 Å². The normalized spacial score (nSPS) is 12.8. The van der Waals surface area contributed by atoms with Crippen LogP contribution in [0.25, 0.3) is 0 Å². The van der Waals surface area contributed by atoms with Crippen LogP contribution in [0.2, 0.25) is 0 Å².